The van der Waals surface area contributed by atoms with E-state index in [0.717, 1.165) is 0 Å². The lowest BCUT2D eigenvalue weighted by atomic mass is 10.1. The molecule has 16 heavy (non-hydrogen) atoms. The van der Waals surface area contributed by atoms with Crippen LogP contribution in [0, 0.1) is 0 Å². The molecule has 0 unspecified atom stereocenters. The lowest BCUT2D eigenvalue weighted by Gasteiger charge is -2.14. The number of phenolic OH excluding ortho intramolecular Hbond substituents is 3. The minimum atomic E-state index is -0.580. The molecule has 0 aliphatic heterocycles. The molecule has 0 radical (unpaired) electrons. The quantitative estimate of drug-likeness (QED) is 0.370. The zero-order valence-corrected chi connectivity index (χ0v) is 8.59. The van der Waals surface area contributed by atoms with Crippen LogP contribution < -0.4 is 5.32 Å². The van der Waals surface area contributed by atoms with Crippen LogP contribution in [-0.4, -0.2) is 44.8 Å². The summed E-state index contributed by atoms with van der Waals surface area (Å²) in [5.74, 6) is -1.40. The summed E-state index contributed by atoms with van der Waals surface area (Å²) in [5.41, 5.74) is 0.363. The van der Waals surface area contributed by atoms with Gasteiger partial charge in [0.15, 0.2) is 11.5 Å². The SMILES string of the molecule is OCC(CO)NCc1ccc(O)c(O)c1O. The summed E-state index contributed by atoms with van der Waals surface area (Å²) in [6.07, 6.45) is 0. The molecule has 0 spiro atoms. The maximum atomic E-state index is 9.46. The summed E-state index contributed by atoms with van der Waals surface area (Å²) >= 11 is 0. The molecule has 0 saturated heterocycles. The average molecular weight is 229 g/mol. The van der Waals surface area contributed by atoms with Crippen LogP contribution >= 0.6 is 0 Å². The predicted octanol–water partition coefficient (Wildman–Crippen LogP) is -0.754. The highest BCUT2D eigenvalue weighted by Gasteiger charge is 2.12. The van der Waals surface area contributed by atoms with Gasteiger partial charge in [0.2, 0.25) is 5.75 Å². The standard InChI is InChI=1S/C10H15NO5/c12-4-7(5-13)11-3-6-1-2-8(14)10(16)9(6)15/h1-2,7,11-16H,3-5H2. The van der Waals surface area contributed by atoms with Crippen molar-refractivity contribution < 1.29 is 25.5 Å². The Kier molecular flexibility index (Phi) is 4.36. The Morgan fingerprint density at radius 2 is 1.62 bits per heavy atom. The van der Waals surface area contributed by atoms with Crippen LogP contribution in [0.15, 0.2) is 12.1 Å². The summed E-state index contributed by atoms with van der Waals surface area (Å²) in [5, 5.41) is 48.2. The summed E-state index contributed by atoms with van der Waals surface area (Å²) in [6.45, 7) is -0.311. The van der Waals surface area contributed by atoms with Crippen LogP contribution in [0.25, 0.3) is 0 Å². The second-order valence-electron chi connectivity index (χ2n) is 3.38. The number of nitrogens with one attached hydrogen (secondary N) is 1. The summed E-state index contributed by atoms with van der Waals surface area (Å²) < 4.78 is 0. The van der Waals surface area contributed by atoms with Crippen molar-refractivity contribution >= 4 is 0 Å². The molecule has 0 atom stereocenters. The Balaban J connectivity index is 2.71. The van der Waals surface area contributed by atoms with Crippen LogP contribution in [0.5, 0.6) is 17.2 Å². The number of aliphatic hydroxyl groups is 2. The third-order valence-corrected chi connectivity index (χ3v) is 2.24. The van der Waals surface area contributed by atoms with Gasteiger partial charge in [0.1, 0.15) is 0 Å². The highest BCUT2D eigenvalue weighted by atomic mass is 16.3. The monoisotopic (exact) mass is 229 g/mol. The molecule has 6 N–H and O–H groups in total. The van der Waals surface area contributed by atoms with E-state index in [-0.39, 0.29) is 19.8 Å². The van der Waals surface area contributed by atoms with Gasteiger partial charge in [-0.05, 0) is 6.07 Å². The van der Waals surface area contributed by atoms with Gasteiger partial charge in [0.25, 0.3) is 0 Å². The molecular formula is C10H15NO5. The van der Waals surface area contributed by atoms with Crippen molar-refractivity contribution in [2.75, 3.05) is 13.2 Å². The Labute approximate surface area is 92.4 Å². The highest BCUT2D eigenvalue weighted by molar-refractivity contribution is 5.52. The third kappa shape index (κ3) is 2.75. The van der Waals surface area contributed by atoms with Crippen molar-refractivity contribution in [1.82, 2.24) is 5.32 Å². The molecule has 0 saturated carbocycles. The van der Waals surface area contributed by atoms with E-state index in [2.05, 4.69) is 5.32 Å². The zero-order chi connectivity index (χ0) is 12.1. The first-order chi connectivity index (χ1) is 7.60. The first-order valence-corrected chi connectivity index (χ1v) is 4.78. The molecule has 0 aliphatic carbocycles. The van der Waals surface area contributed by atoms with Gasteiger partial charge < -0.3 is 30.8 Å². The molecule has 1 aromatic carbocycles. The Morgan fingerprint density at radius 1 is 1.00 bits per heavy atom. The Bertz CT molecular complexity index is 351. The number of aromatic hydroxyl groups is 3. The number of rotatable bonds is 5. The first kappa shape index (κ1) is 12.6. The molecule has 0 bridgehead atoms. The van der Waals surface area contributed by atoms with Gasteiger partial charge in [0.05, 0.1) is 19.3 Å². The Hall–Kier alpha value is -1.50. The van der Waals surface area contributed by atoms with E-state index >= 15 is 0 Å². The van der Waals surface area contributed by atoms with Crippen molar-refractivity contribution in [3.63, 3.8) is 0 Å². The van der Waals surface area contributed by atoms with Crippen molar-refractivity contribution in [3.05, 3.63) is 17.7 Å². The predicted molar refractivity (Wildman–Crippen MR) is 56.2 cm³/mol. The highest BCUT2D eigenvalue weighted by Crippen LogP contribution is 2.36. The fraction of sp³-hybridized carbons (Fsp3) is 0.400. The molecular weight excluding hydrogens is 214 g/mol. The van der Waals surface area contributed by atoms with Crippen LogP contribution in [0.3, 0.4) is 0 Å². The van der Waals surface area contributed by atoms with Gasteiger partial charge in [-0.2, -0.15) is 0 Å². The maximum absolute atomic E-state index is 9.46. The number of hydrogen-bond acceptors (Lipinski definition) is 6. The van der Waals surface area contributed by atoms with Crippen molar-refractivity contribution in [2.24, 2.45) is 0 Å². The normalized spacial score (nSPS) is 10.9. The second-order valence-corrected chi connectivity index (χ2v) is 3.38. The molecule has 0 heterocycles. The second kappa shape index (κ2) is 5.55. The van der Waals surface area contributed by atoms with Crippen LogP contribution in [-0.2, 0) is 6.54 Å². The van der Waals surface area contributed by atoms with Crippen molar-refractivity contribution in [1.29, 1.82) is 0 Å². The molecule has 6 heteroatoms. The van der Waals surface area contributed by atoms with E-state index < -0.39 is 23.3 Å². The molecule has 1 rings (SSSR count). The lowest BCUT2D eigenvalue weighted by molar-refractivity contribution is 0.170. The molecule has 90 valence electrons. The van der Waals surface area contributed by atoms with Gasteiger partial charge in [-0.15, -0.1) is 0 Å². The molecule has 0 aromatic heterocycles. The maximum Gasteiger partial charge on any atom is 0.200 e. The van der Waals surface area contributed by atoms with E-state index in [9.17, 15) is 10.2 Å². The van der Waals surface area contributed by atoms with E-state index in [1.807, 2.05) is 0 Å². The smallest absolute Gasteiger partial charge is 0.200 e. The molecule has 0 aliphatic rings. The van der Waals surface area contributed by atoms with E-state index in [0.29, 0.717) is 5.56 Å². The lowest BCUT2D eigenvalue weighted by Crippen LogP contribution is -2.35. The molecule has 0 fully saturated rings. The van der Waals surface area contributed by atoms with Gasteiger partial charge >= 0.3 is 0 Å². The minimum absolute atomic E-state index is 0.158. The van der Waals surface area contributed by atoms with E-state index in [4.69, 9.17) is 15.3 Å². The molecule has 1 aromatic rings. The summed E-state index contributed by atoms with van der Waals surface area (Å²) in [4.78, 5) is 0. The number of phenols is 3. The minimum Gasteiger partial charge on any atom is -0.504 e. The fourth-order valence-electron chi connectivity index (χ4n) is 1.19. The van der Waals surface area contributed by atoms with Crippen molar-refractivity contribution in [3.8, 4) is 17.2 Å². The van der Waals surface area contributed by atoms with Gasteiger partial charge in [-0.25, -0.2) is 0 Å². The van der Waals surface area contributed by atoms with Gasteiger partial charge in [-0.3, -0.25) is 0 Å². The van der Waals surface area contributed by atoms with Gasteiger partial charge in [-0.1, -0.05) is 6.07 Å². The number of benzene rings is 1. The topological polar surface area (TPSA) is 113 Å². The van der Waals surface area contributed by atoms with E-state index in [1.54, 1.807) is 0 Å². The molecule has 0 amide bonds. The third-order valence-electron chi connectivity index (χ3n) is 2.24. The Morgan fingerprint density at radius 3 is 2.19 bits per heavy atom. The summed E-state index contributed by atoms with van der Waals surface area (Å²) in [6, 6.07) is 2.19. The largest absolute Gasteiger partial charge is 0.504 e. The van der Waals surface area contributed by atoms with Crippen LogP contribution in [0.4, 0.5) is 0 Å². The average Bonchev–Trinajstić information content (AvgIpc) is 2.30. The first-order valence-electron chi connectivity index (χ1n) is 4.78. The number of hydrogen-bond donors (Lipinski definition) is 6. The fourth-order valence-corrected chi connectivity index (χ4v) is 1.19. The molecule has 6 nitrogen and oxygen atoms in total. The van der Waals surface area contributed by atoms with Gasteiger partial charge in [0, 0.05) is 12.1 Å². The van der Waals surface area contributed by atoms with Crippen molar-refractivity contribution in [2.45, 2.75) is 12.6 Å². The van der Waals surface area contributed by atoms with Crippen LogP contribution in [0.1, 0.15) is 5.56 Å². The van der Waals surface area contributed by atoms with E-state index in [1.165, 1.54) is 12.1 Å². The van der Waals surface area contributed by atoms with Crippen LogP contribution in [0.2, 0.25) is 0 Å². The summed E-state index contributed by atoms with van der Waals surface area (Å²) in [7, 11) is 0. The number of aliphatic hydroxyl groups excluding tert-OH is 2. The zero-order valence-electron chi connectivity index (χ0n) is 8.59.